The molecule has 1 aromatic rings. The number of nitrogens with zero attached hydrogens (tertiary/aromatic N) is 1. The third kappa shape index (κ3) is 3.98. The lowest BCUT2D eigenvalue weighted by Crippen LogP contribution is -2.44. The first kappa shape index (κ1) is 13.9. The minimum atomic E-state index is 0.108. The molecule has 1 atom stereocenters. The SMILES string of the molecule is CCC(Cc1ccc(C)cc1)NC(=O)N1CCCC1. The lowest BCUT2D eigenvalue weighted by molar-refractivity contribution is 0.204. The van der Waals surface area contributed by atoms with Gasteiger partial charge < -0.3 is 10.2 Å². The third-order valence-electron chi connectivity index (χ3n) is 3.82. The lowest BCUT2D eigenvalue weighted by Gasteiger charge is -2.22. The molecule has 0 radical (unpaired) electrons. The summed E-state index contributed by atoms with van der Waals surface area (Å²) in [4.78, 5) is 14.0. The van der Waals surface area contributed by atoms with Crippen molar-refractivity contribution in [1.82, 2.24) is 10.2 Å². The molecule has 104 valence electrons. The number of urea groups is 1. The Labute approximate surface area is 116 Å². The zero-order valence-corrected chi connectivity index (χ0v) is 12.0. The molecule has 2 rings (SSSR count). The summed E-state index contributed by atoms with van der Waals surface area (Å²) in [5.41, 5.74) is 2.57. The first-order valence-corrected chi connectivity index (χ1v) is 7.30. The Morgan fingerprint density at radius 1 is 1.26 bits per heavy atom. The molecule has 1 unspecified atom stereocenters. The van der Waals surface area contributed by atoms with E-state index in [-0.39, 0.29) is 12.1 Å². The molecule has 3 nitrogen and oxygen atoms in total. The Morgan fingerprint density at radius 2 is 1.89 bits per heavy atom. The minimum absolute atomic E-state index is 0.108. The van der Waals surface area contributed by atoms with Gasteiger partial charge in [-0.05, 0) is 38.2 Å². The highest BCUT2D eigenvalue weighted by atomic mass is 16.2. The van der Waals surface area contributed by atoms with Crippen molar-refractivity contribution in [2.75, 3.05) is 13.1 Å². The molecule has 1 N–H and O–H groups in total. The molecule has 0 saturated carbocycles. The largest absolute Gasteiger partial charge is 0.335 e. The minimum Gasteiger partial charge on any atom is -0.335 e. The molecule has 1 aliphatic rings. The highest BCUT2D eigenvalue weighted by molar-refractivity contribution is 5.74. The van der Waals surface area contributed by atoms with E-state index in [1.165, 1.54) is 11.1 Å². The van der Waals surface area contributed by atoms with E-state index in [0.717, 1.165) is 38.8 Å². The Kier molecular flexibility index (Phi) is 4.83. The Morgan fingerprint density at radius 3 is 2.47 bits per heavy atom. The maximum absolute atomic E-state index is 12.1. The van der Waals surface area contributed by atoms with Crippen LogP contribution in [0.5, 0.6) is 0 Å². The summed E-state index contributed by atoms with van der Waals surface area (Å²) >= 11 is 0. The number of benzene rings is 1. The fourth-order valence-electron chi connectivity index (χ4n) is 2.49. The van der Waals surface area contributed by atoms with Gasteiger partial charge in [0.1, 0.15) is 0 Å². The van der Waals surface area contributed by atoms with E-state index in [1.807, 2.05) is 4.90 Å². The van der Waals surface area contributed by atoms with Crippen molar-refractivity contribution in [2.45, 2.75) is 45.6 Å². The second kappa shape index (κ2) is 6.60. The summed E-state index contributed by atoms with van der Waals surface area (Å²) < 4.78 is 0. The number of carbonyl (C=O) groups excluding carboxylic acids is 1. The fraction of sp³-hybridized carbons (Fsp3) is 0.562. The first-order chi connectivity index (χ1) is 9.19. The molecule has 0 aliphatic carbocycles. The topological polar surface area (TPSA) is 32.3 Å². The molecule has 1 aliphatic heterocycles. The van der Waals surface area contributed by atoms with Crippen LogP contribution in [0.4, 0.5) is 4.79 Å². The molecule has 0 bridgehead atoms. The van der Waals surface area contributed by atoms with Crippen LogP contribution in [0.2, 0.25) is 0 Å². The molecular weight excluding hydrogens is 236 g/mol. The second-order valence-corrected chi connectivity index (χ2v) is 5.44. The molecule has 1 heterocycles. The number of hydrogen-bond acceptors (Lipinski definition) is 1. The van der Waals surface area contributed by atoms with Crippen LogP contribution in [0.15, 0.2) is 24.3 Å². The summed E-state index contributed by atoms with van der Waals surface area (Å²) in [7, 11) is 0. The summed E-state index contributed by atoms with van der Waals surface area (Å²) in [5.74, 6) is 0. The van der Waals surface area contributed by atoms with Gasteiger partial charge in [-0.25, -0.2) is 4.79 Å². The molecule has 3 heteroatoms. The highest BCUT2D eigenvalue weighted by Crippen LogP contribution is 2.11. The van der Waals surface area contributed by atoms with E-state index in [1.54, 1.807) is 0 Å². The van der Waals surface area contributed by atoms with Crippen molar-refractivity contribution in [1.29, 1.82) is 0 Å². The average molecular weight is 260 g/mol. The molecular formula is C16H24N2O. The van der Waals surface area contributed by atoms with Crippen molar-refractivity contribution < 1.29 is 4.79 Å². The number of rotatable bonds is 4. The second-order valence-electron chi connectivity index (χ2n) is 5.44. The number of carbonyl (C=O) groups is 1. The van der Waals surface area contributed by atoms with Gasteiger partial charge in [0, 0.05) is 19.1 Å². The standard InChI is InChI=1S/C16H24N2O/c1-3-15(12-14-8-6-13(2)7-9-14)17-16(19)18-10-4-5-11-18/h6-9,15H,3-5,10-12H2,1-2H3,(H,17,19). The lowest BCUT2D eigenvalue weighted by atomic mass is 10.0. The first-order valence-electron chi connectivity index (χ1n) is 7.30. The average Bonchev–Trinajstić information content (AvgIpc) is 2.94. The maximum atomic E-state index is 12.1. The van der Waals surface area contributed by atoms with E-state index in [2.05, 4.69) is 43.4 Å². The van der Waals surface area contributed by atoms with Crippen molar-refractivity contribution >= 4 is 6.03 Å². The monoisotopic (exact) mass is 260 g/mol. The van der Waals surface area contributed by atoms with Gasteiger partial charge in [-0.3, -0.25) is 0 Å². The normalized spacial score (nSPS) is 16.4. The smallest absolute Gasteiger partial charge is 0.317 e. The van der Waals surface area contributed by atoms with Crippen LogP contribution in [0, 0.1) is 6.92 Å². The fourth-order valence-corrected chi connectivity index (χ4v) is 2.49. The predicted molar refractivity (Wildman–Crippen MR) is 78.3 cm³/mol. The summed E-state index contributed by atoms with van der Waals surface area (Å²) in [6.07, 6.45) is 4.16. The summed E-state index contributed by atoms with van der Waals surface area (Å²) in [6.45, 7) is 6.04. The molecule has 1 fully saturated rings. The van der Waals surface area contributed by atoms with Gasteiger partial charge >= 0.3 is 6.03 Å². The van der Waals surface area contributed by atoms with Crippen LogP contribution in [-0.4, -0.2) is 30.1 Å². The van der Waals surface area contributed by atoms with Crippen LogP contribution in [0.3, 0.4) is 0 Å². The Hall–Kier alpha value is -1.51. The number of hydrogen-bond donors (Lipinski definition) is 1. The van der Waals surface area contributed by atoms with E-state index in [0.29, 0.717) is 0 Å². The Balaban J connectivity index is 1.88. The number of aryl methyl sites for hydroxylation is 1. The van der Waals surface area contributed by atoms with Crippen LogP contribution in [-0.2, 0) is 6.42 Å². The van der Waals surface area contributed by atoms with E-state index in [9.17, 15) is 4.79 Å². The van der Waals surface area contributed by atoms with E-state index >= 15 is 0 Å². The Bertz CT molecular complexity index is 407. The van der Waals surface area contributed by atoms with Crippen molar-refractivity contribution in [2.24, 2.45) is 0 Å². The predicted octanol–water partition coefficient (Wildman–Crippen LogP) is 3.12. The number of amides is 2. The van der Waals surface area contributed by atoms with Crippen LogP contribution in [0.25, 0.3) is 0 Å². The zero-order valence-electron chi connectivity index (χ0n) is 12.0. The van der Waals surface area contributed by atoms with Crippen LogP contribution in [0.1, 0.15) is 37.3 Å². The van der Waals surface area contributed by atoms with Gasteiger partial charge in [0.15, 0.2) is 0 Å². The van der Waals surface area contributed by atoms with E-state index in [4.69, 9.17) is 0 Å². The molecule has 0 aromatic heterocycles. The zero-order chi connectivity index (χ0) is 13.7. The third-order valence-corrected chi connectivity index (χ3v) is 3.82. The van der Waals surface area contributed by atoms with Crippen molar-refractivity contribution in [3.63, 3.8) is 0 Å². The molecule has 1 aromatic carbocycles. The molecule has 19 heavy (non-hydrogen) atoms. The summed E-state index contributed by atoms with van der Waals surface area (Å²) in [5, 5.41) is 3.16. The van der Waals surface area contributed by atoms with Gasteiger partial charge in [0.2, 0.25) is 0 Å². The van der Waals surface area contributed by atoms with Crippen LogP contribution >= 0.6 is 0 Å². The molecule has 2 amide bonds. The van der Waals surface area contributed by atoms with Crippen molar-refractivity contribution in [3.05, 3.63) is 35.4 Å². The number of nitrogens with one attached hydrogen (secondary N) is 1. The number of likely N-dealkylation sites (tertiary alicyclic amines) is 1. The van der Waals surface area contributed by atoms with Crippen molar-refractivity contribution in [3.8, 4) is 0 Å². The van der Waals surface area contributed by atoms with Crippen LogP contribution < -0.4 is 5.32 Å². The van der Waals surface area contributed by atoms with Gasteiger partial charge in [-0.2, -0.15) is 0 Å². The maximum Gasteiger partial charge on any atom is 0.317 e. The van der Waals surface area contributed by atoms with Gasteiger partial charge in [-0.15, -0.1) is 0 Å². The van der Waals surface area contributed by atoms with E-state index < -0.39 is 0 Å². The molecule has 1 saturated heterocycles. The van der Waals surface area contributed by atoms with Gasteiger partial charge in [-0.1, -0.05) is 36.8 Å². The van der Waals surface area contributed by atoms with Gasteiger partial charge in [0.25, 0.3) is 0 Å². The summed E-state index contributed by atoms with van der Waals surface area (Å²) in [6, 6.07) is 8.90. The van der Waals surface area contributed by atoms with Gasteiger partial charge in [0.05, 0.1) is 0 Å². The molecule has 0 spiro atoms. The highest BCUT2D eigenvalue weighted by Gasteiger charge is 2.20. The quantitative estimate of drug-likeness (QED) is 0.886.